The lowest BCUT2D eigenvalue weighted by atomic mass is 10.1. The second-order valence-electron chi connectivity index (χ2n) is 7.22. The van der Waals surface area contributed by atoms with Crippen LogP contribution in [0.25, 0.3) is 11.0 Å². The van der Waals surface area contributed by atoms with Crippen molar-refractivity contribution in [2.75, 3.05) is 6.61 Å². The van der Waals surface area contributed by atoms with E-state index in [0.717, 1.165) is 22.2 Å². The van der Waals surface area contributed by atoms with E-state index in [2.05, 4.69) is 21.4 Å². The number of H-pyrrole nitrogens is 1. The van der Waals surface area contributed by atoms with Gasteiger partial charge in [0.1, 0.15) is 11.6 Å². The topological polar surface area (TPSA) is 90.8 Å². The number of nitrogens with one attached hydrogen (secondary N) is 2. The lowest BCUT2D eigenvalue weighted by Crippen LogP contribution is -2.34. The van der Waals surface area contributed by atoms with Gasteiger partial charge in [-0.05, 0) is 41.8 Å². The molecular formula is C25H22N4O2. The highest BCUT2D eigenvalue weighted by Gasteiger charge is 2.19. The van der Waals surface area contributed by atoms with Gasteiger partial charge >= 0.3 is 0 Å². The van der Waals surface area contributed by atoms with Crippen molar-refractivity contribution in [2.45, 2.75) is 18.9 Å². The molecule has 0 radical (unpaired) electrons. The highest BCUT2D eigenvalue weighted by atomic mass is 16.5. The summed E-state index contributed by atoms with van der Waals surface area (Å²) in [4.78, 5) is 20.6. The van der Waals surface area contributed by atoms with Gasteiger partial charge in [-0.2, -0.15) is 5.26 Å². The fourth-order valence-corrected chi connectivity index (χ4v) is 3.38. The number of imidazole rings is 1. The number of hydrogen-bond acceptors (Lipinski definition) is 4. The Morgan fingerprint density at radius 3 is 2.48 bits per heavy atom. The van der Waals surface area contributed by atoms with Crippen molar-refractivity contribution >= 4 is 16.9 Å². The lowest BCUT2D eigenvalue weighted by Gasteiger charge is -2.17. The molecule has 0 bridgehead atoms. The van der Waals surface area contributed by atoms with Crippen molar-refractivity contribution in [3.8, 4) is 11.8 Å². The Bertz CT molecular complexity index is 1160. The molecule has 154 valence electrons. The van der Waals surface area contributed by atoms with E-state index in [4.69, 9.17) is 10.00 Å². The zero-order chi connectivity index (χ0) is 21.5. The normalized spacial score (nSPS) is 11.6. The van der Waals surface area contributed by atoms with E-state index < -0.39 is 0 Å². The van der Waals surface area contributed by atoms with Gasteiger partial charge in [-0.25, -0.2) is 4.98 Å². The number of aromatic amines is 1. The van der Waals surface area contributed by atoms with Crippen molar-refractivity contribution in [1.82, 2.24) is 15.3 Å². The fourth-order valence-electron chi connectivity index (χ4n) is 3.38. The summed E-state index contributed by atoms with van der Waals surface area (Å²) in [6, 6.07) is 26.7. The average Bonchev–Trinajstić information content (AvgIpc) is 3.23. The van der Waals surface area contributed by atoms with Crippen molar-refractivity contribution < 1.29 is 9.53 Å². The molecule has 4 aromatic rings. The standard InChI is InChI=1S/C25H22N4O2/c26-15-14-18-10-12-20(13-11-18)31-17-24(30)27-23(16-19-6-2-1-3-7-19)25-28-21-8-4-5-9-22(21)29-25/h1-13,23H,14,16-17H2,(H,27,30)(H,28,29)/t23-/m0/s1. The number of nitriles is 1. The maximum absolute atomic E-state index is 12.7. The summed E-state index contributed by atoms with van der Waals surface area (Å²) in [6.45, 7) is -0.108. The SMILES string of the molecule is N#CCc1ccc(OCC(=O)N[C@@H](Cc2ccccc2)c2nc3ccccc3[nH]2)cc1. The molecule has 1 heterocycles. The first-order valence-electron chi connectivity index (χ1n) is 10.1. The molecule has 6 nitrogen and oxygen atoms in total. The summed E-state index contributed by atoms with van der Waals surface area (Å²) >= 11 is 0. The second-order valence-corrected chi connectivity index (χ2v) is 7.22. The van der Waals surface area contributed by atoms with Crippen LogP contribution in [-0.2, 0) is 17.6 Å². The summed E-state index contributed by atoms with van der Waals surface area (Å²) in [5, 5.41) is 11.8. The highest BCUT2D eigenvalue weighted by molar-refractivity contribution is 5.78. The maximum Gasteiger partial charge on any atom is 0.258 e. The maximum atomic E-state index is 12.7. The number of carbonyl (C=O) groups excluding carboxylic acids is 1. The van der Waals surface area contributed by atoms with Crippen LogP contribution in [0.15, 0.2) is 78.9 Å². The van der Waals surface area contributed by atoms with Crippen molar-refractivity contribution in [3.63, 3.8) is 0 Å². The molecule has 0 saturated carbocycles. The van der Waals surface area contributed by atoms with Crippen LogP contribution < -0.4 is 10.1 Å². The molecule has 0 aliphatic rings. The van der Waals surface area contributed by atoms with Gasteiger partial charge in [-0.3, -0.25) is 4.79 Å². The molecule has 31 heavy (non-hydrogen) atoms. The molecule has 4 rings (SSSR count). The molecule has 0 spiro atoms. The van der Waals surface area contributed by atoms with Gasteiger partial charge < -0.3 is 15.0 Å². The first kappa shape index (κ1) is 20.2. The van der Waals surface area contributed by atoms with Crippen LogP contribution in [0.3, 0.4) is 0 Å². The Hall–Kier alpha value is -4.11. The highest BCUT2D eigenvalue weighted by Crippen LogP contribution is 2.20. The first-order valence-corrected chi connectivity index (χ1v) is 10.1. The molecule has 6 heteroatoms. The van der Waals surface area contributed by atoms with E-state index in [-0.39, 0.29) is 18.6 Å². The Kier molecular flexibility index (Phi) is 6.24. The summed E-state index contributed by atoms with van der Waals surface area (Å²) in [7, 11) is 0. The molecule has 0 aliphatic carbocycles. The quantitative estimate of drug-likeness (QED) is 0.457. The zero-order valence-electron chi connectivity index (χ0n) is 16.9. The van der Waals surface area contributed by atoms with Gasteiger partial charge in [-0.15, -0.1) is 0 Å². The summed E-state index contributed by atoms with van der Waals surface area (Å²) in [6.07, 6.45) is 0.953. The Morgan fingerprint density at radius 2 is 1.74 bits per heavy atom. The van der Waals surface area contributed by atoms with E-state index >= 15 is 0 Å². The van der Waals surface area contributed by atoms with Crippen LogP contribution in [0.1, 0.15) is 23.0 Å². The number of aromatic nitrogens is 2. The number of ether oxygens (including phenoxy) is 1. The lowest BCUT2D eigenvalue weighted by molar-refractivity contribution is -0.123. The van der Waals surface area contributed by atoms with Gasteiger partial charge in [0.05, 0.1) is 29.6 Å². The largest absolute Gasteiger partial charge is 0.484 e. The van der Waals surface area contributed by atoms with Crippen LogP contribution >= 0.6 is 0 Å². The molecule has 0 unspecified atom stereocenters. The third kappa shape index (κ3) is 5.28. The molecule has 2 N–H and O–H groups in total. The number of benzene rings is 3. The van der Waals surface area contributed by atoms with E-state index in [1.54, 1.807) is 12.1 Å². The van der Waals surface area contributed by atoms with E-state index in [1.807, 2.05) is 66.7 Å². The molecule has 1 aromatic heterocycles. The number of fused-ring (bicyclic) bond motifs is 1. The molecule has 1 atom stereocenters. The van der Waals surface area contributed by atoms with Crippen LogP contribution in [-0.4, -0.2) is 22.5 Å². The summed E-state index contributed by atoms with van der Waals surface area (Å²) in [5.41, 5.74) is 3.80. The van der Waals surface area contributed by atoms with E-state index in [1.165, 1.54) is 0 Å². The minimum Gasteiger partial charge on any atom is -0.484 e. The molecule has 3 aromatic carbocycles. The zero-order valence-corrected chi connectivity index (χ0v) is 16.9. The number of amides is 1. The fraction of sp³-hybridized carbons (Fsp3) is 0.160. The number of carbonyl (C=O) groups is 1. The third-order valence-corrected chi connectivity index (χ3v) is 4.93. The van der Waals surface area contributed by atoms with Gasteiger partial charge in [0, 0.05) is 0 Å². The first-order chi connectivity index (χ1) is 15.2. The van der Waals surface area contributed by atoms with Crippen molar-refractivity contribution in [2.24, 2.45) is 0 Å². The number of para-hydroxylation sites is 2. The molecule has 1 amide bonds. The smallest absolute Gasteiger partial charge is 0.258 e. The molecule has 0 aliphatic heterocycles. The van der Waals surface area contributed by atoms with Crippen LogP contribution in [0, 0.1) is 11.3 Å². The van der Waals surface area contributed by atoms with Gasteiger partial charge in [0.25, 0.3) is 5.91 Å². The van der Waals surface area contributed by atoms with Crippen LogP contribution in [0.2, 0.25) is 0 Å². The van der Waals surface area contributed by atoms with Crippen molar-refractivity contribution in [3.05, 3.63) is 95.8 Å². The minimum atomic E-state index is -0.316. The van der Waals surface area contributed by atoms with Crippen molar-refractivity contribution in [1.29, 1.82) is 5.26 Å². The van der Waals surface area contributed by atoms with Crippen LogP contribution in [0.4, 0.5) is 0 Å². The van der Waals surface area contributed by atoms with E-state index in [0.29, 0.717) is 24.4 Å². The average molecular weight is 410 g/mol. The van der Waals surface area contributed by atoms with Gasteiger partial charge in [-0.1, -0.05) is 54.6 Å². The Morgan fingerprint density at radius 1 is 1.00 bits per heavy atom. The number of nitrogens with zero attached hydrogens (tertiary/aromatic N) is 2. The second kappa shape index (κ2) is 9.59. The Balaban J connectivity index is 1.46. The third-order valence-electron chi connectivity index (χ3n) is 4.93. The van der Waals surface area contributed by atoms with Crippen LogP contribution in [0.5, 0.6) is 5.75 Å². The Labute approximate surface area is 180 Å². The minimum absolute atomic E-state index is 0.108. The molecule has 0 fully saturated rings. The summed E-state index contributed by atoms with van der Waals surface area (Å²) in [5.74, 6) is 1.06. The van der Waals surface area contributed by atoms with E-state index in [9.17, 15) is 4.79 Å². The number of rotatable bonds is 8. The predicted molar refractivity (Wildman–Crippen MR) is 118 cm³/mol. The van der Waals surface area contributed by atoms with Gasteiger partial charge in [0.2, 0.25) is 0 Å². The summed E-state index contributed by atoms with van der Waals surface area (Å²) < 4.78 is 5.62. The van der Waals surface area contributed by atoms with Gasteiger partial charge in [0.15, 0.2) is 6.61 Å². The molecular weight excluding hydrogens is 388 g/mol. The monoisotopic (exact) mass is 410 g/mol. The predicted octanol–water partition coefficient (Wildman–Crippen LogP) is 4.11. The number of hydrogen-bond donors (Lipinski definition) is 2. The molecule has 0 saturated heterocycles.